The fourth-order valence-electron chi connectivity index (χ4n) is 3.34. The van der Waals surface area contributed by atoms with Crippen molar-refractivity contribution in [3.63, 3.8) is 0 Å². The summed E-state index contributed by atoms with van der Waals surface area (Å²) in [6.45, 7) is 4.41. The van der Waals surface area contributed by atoms with Crippen LogP contribution in [0.3, 0.4) is 0 Å². The summed E-state index contributed by atoms with van der Waals surface area (Å²) in [6, 6.07) is 0. The van der Waals surface area contributed by atoms with E-state index in [0.29, 0.717) is 23.7 Å². The van der Waals surface area contributed by atoms with Gasteiger partial charge in [-0.2, -0.15) is 0 Å². The molecule has 0 aromatic heterocycles. The molecule has 2 bridgehead atoms. The zero-order chi connectivity index (χ0) is 10.3. The first kappa shape index (κ1) is 9.75. The maximum Gasteiger partial charge on any atom is 0.221 e. The molecule has 0 saturated heterocycles. The van der Waals surface area contributed by atoms with Crippen molar-refractivity contribution >= 4 is 5.91 Å². The number of hydrogen-bond donors (Lipinski definition) is 1. The average molecular weight is 193 g/mol. The van der Waals surface area contributed by atoms with Crippen LogP contribution in [0.1, 0.15) is 26.7 Å². The normalized spacial score (nSPS) is 40.5. The number of primary amides is 1. The molecule has 1 saturated carbocycles. The van der Waals surface area contributed by atoms with E-state index in [9.17, 15) is 4.79 Å². The zero-order valence-electron chi connectivity index (χ0n) is 8.94. The van der Waals surface area contributed by atoms with Crippen LogP contribution in [0.15, 0.2) is 12.2 Å². The van der Waals surface area contributed by atoms with Gasteiger partial charge in [-0.1, -0.05) is 26.0 Å². The molecule has 3 aliphatic carbocycles. The Bertz CT molecular complexity index is 269. The maximum atomic E-state index is 11.4. The monoisotopic (exact) mass is 193 g/mol. The maximum absolute atomic E-state index is 11.4. The fourth-order valence-corrected chi connectivity index (χ4v) is 3.34. The molecule has 4 atom stereocenters. The van der Waals surface area contributed by atoms with Gasteiger partial charge in [-0.15, -0.1) is 0 Å². The summed E-state index contributed by atoms with van der Waals surface area (Å²) in [4.78, 5) is 11.4. The van der Waals surface area contributed by atoms with Crippen LogP contribution < -0.4 is 5.73 Å². The first-order valence-corrected chi connectivity index (χ1v) is 5.59. The summed E-state index contributed by atoms with van der Waals surface area (Å²) in [5, 5.41) is 0. The number of fused-ring (bicyclic) bond motifs is 2. The number of carbonyl (C=O) groups is 1. The van der Waals surface area contributed by atoms with Gasteiger partial charge in [-0.05, 0) is 36.5 Å². The molecule has 2 heteroatoms. The third-order valence-electron chi connectivity index (χ3n) is 3.91. The van der Waals surface area contributed by atoms with E-state index in [-0.39, 0.29) is 11.8 Å². The van der Waals surface area contributed by atoms with E-state index in [0.717, 1.165) is 6.42 Å². The lowest BCUT2D eigenvalue weighted by atomic mass is 9.59. The summed E-state index contributed by atoms with van der Waals surface area (Å²) in [6.07, 6.45) is 6.91. The fraction of sp³-hybridized carbons (Fsp3) is 0.750. The van der Waals surface area contributed by atoms with Crippen LogP contribution in [0.25, 0.3) is 0 Å². The molecule has 0 radical (unpaired) electrons. The molecule has 4 unspecified atom stereocenters. The van der Waals surface area contributed by atoms with Crippen LogP contribution >= 0.6 is 0 Å². The van der Waals surface area contributed by atoms with Crippen LogP contribution in [0.2, 0.25) is 0 Å². The van der Waals surface area contributed by atoms with Gasteiger partial charge >= 0.3 is 0 Å². The van der Waals surface area contributed by atoms with Crippen LogP contribution in [0.4, 0.5) is 0 Å². The minimum atomic E-state index is -0.0947. The average Bonchev–Trinajstić information content (AvgIpc) is 2.17. The highest BCUT2D eigenvalue weighted by atomic mass is 16.1. The van der Waals surface area contributed by atoms with Crippen molar-refractivity contribution in [2.75, 3.05) is 0 Å². The quantitative estimate of drug-likeness (QED) is 0.669. The molecule has 14 heavy (non-hydrogen) atoms. The van der Waals surface area contributed by atoms with E-state index in [2.05, 4.69) is 26.0 Å². The van der Waals surface area contributed by atoms with E-state index >= 15 is 0 Å². The third-order valence-corrected chi connectivity index (χ3v) is 3.91. The number of rotatable bonds is 2. The molecule has 0 aromatic rings. The molecule has 0 aliphatic heterocycles. The number of carbonyl (C=O) groups excluding carboxylic acids is 1. The summed E-state index contributed by atoms with van der Waals surface area (Å²) >= 11 is 0. The SMILES string of the molecule is CC(C)C1C2C=CC(CC2)C1C(N)=O. The molecule has 3 rings (SSSR count). The number of allylic oxidation sites excluding steroid dienone is 2. The predicted octanol–water partition coefficient (Wildman–Crippen LogP) is 1.96. The molecule has 3 aliphatic rings. The van der Waals surface area contributed by atoms with Gasteiger partial charge in [0, 0.05) is 5.92 Å². The summed E-state index contributed by atoms with van der Waals surface area (Å²) in [5.41, 5.74) is 5.51. The first-order valence-electron chi connectivity index (χ1n) is 5.59. The van der Waals surface area contributed by atoms with E-state index < -0.39 is 0 Å². The van der Waals surface area contributed by atoms with Gasteiger partial charge in [0.25, 0.3) is 0 Å². The van der Waals surface area contributed by atoms with Gasteiger partial charge in [-0.3, -0.25) is 4.79 Å². The van der Waals surface area contributed by atoms with Crippen molar-refractivity contribution in [2.24, 2.45) is 35.3 Å². The van der Waals surface area contributed by atoms with E-state index in [1.165, 1.54) is 6.42 Å². The molecule has 78 valence electrons. The van der Waals surface area contributed by atoms with E-state index in [1.807, 2.05) is 0 Å². The van der Waals surface area contributed by atoms with Gasteiger partial charge in [0.1, 0.15) is 0 Å². The lowest BCUT2D eigenvalue weighted by Crippen LogP contribution is -2.46. The summed E-state index contributed by atoms with van der Waals surface area (Å²) in [5.74, 6) is 2.06. The van der Waals surface area contributed by atoms with Crippen LogP contribution in [-0.4, -0.2) is 5.91 Å². The Morgan fingerprint density at radius 1 is 1.29 bits per heavy atom. The van der Waals surface area contributed by atoms with Crippen molar-refractivity contribution in [2.45, 2.75) is 26.7 Å². The minimum Gasteiger partial charge on any atom is -0.369 e. The van der Waals surface area contributed by atoms with Gasteiger partial charge in [0.05, 0.1) is 0 Å². The van der Waals surface area contributed by atoms with Crippen LogP contribution in [0, 0.1) is 29.6 Å². The molecule has 0 spiro atoms. The van der Waals surface area contributed by atoms with Gasteiger partial charge in [0.2, 0.25) is 5.91 Å². The van der Waals surface area contributed by atoms with Crippen molar-refractivity contribution in [3.8, 4) is 0 Å². The highest BCUT2D eigenvalue weighted by Gasteiger charge is 2.44. The minimum absolute atomic E-state index is 0.0947. The lowest BCUT2D eigenvalue weighted by Gasteiger charge is -2.45. The Morgan fingerprint density at radius 3 is 2.21 bits per heavy atom. The van der Waals surface area contributed by atoms with Crippen molar-refractivity contribution in [3.05, 3.63) is 12.2 Å². The molecule has 0 aromatic carbocycles. The molecule has 0 heterocycles. The summed E-state index contributed by atoms with van der Waals surface area (Å²) in [7, 11) is 0. The van der Waals surface area contributed by atoms with Crippen molar-refractivity contribution < 1.29 is 4.79 Å². The Balaban J connectivity index is 2.29. The third kappa shape index (κ3) is 1.37. The van der Waals surface area contributed by atoms with Gasteiger partial charge < -0.3 is 5.73 Å². The molecule has 2 nitrogen and oxygen atoms in total. The molecule has 2 N–H and O–H groups in total. The highest BCUT2D eigenvalue weighted by Crippen LogP contribution is 2.47. The molecule has 1 fully saturated rings. The van der Waals surface area contributed by atoms with E-state index in [1.54, 1.807) is 0 Å². The highest BCUT2D eigenvalue weighted by molar-refractivity contribution is 5.78. The Kier molecular flexibility index (Phi) is 2.38. The van der Waals surface area contributed by atoms with Crippen LogP contribution in [-0.2, 0) is 4.79 Å². The molecular formula is C12H19NO. The number of nitrogens with two attached hydrogens (primary N) is 1. The second-order valence-corrected chi connectivity index (χ2v) is 5.04. The second-order valence-electron chi connectivity index (χ2n) is 5.04. The van der Waals surface area contributed by atoms with E-state index in [4.69, 9.17) is 5.73 Å². The second kappa shape index (κ2) is 3.41. The smallest absolute Gasteiger partial charge is 0.221 e. The van der Waals surface area contributed by atoms with Crippen molar-refractivity contribution in [1.29, 1.82) is 0 Å². The Morgan fingerprint density at radius 2 is 1.86 bits per heavy atom. The largest absolute Gasteiger partial charge is 0.369 e. The van der Waals surface area contributed by atoms with Gasteiger partial charge in [-0.25, -0.2) is 0 Å². The Hall–Kier alpha value is -0.790. The zero-order valence-corrected chi connectivity index (χ0v) is 8.94. The first-order chi connectivity index (χ1) is 6.61. The van der Waals surface area contributed by atoms with Crippen LogP contribution in [0.5, 0.6) is 0 Å². The standard InChI is InChI=1S/C12H19NO/c1-7(2)10-8-3-5-9(6-4-8)11(10)12(13)14/h3,5,7-11H,4,6H2,1-2H3,(H2,13,14). The summed E-state index contributed by atoms with van der Waals surface area (Å²) < 4.78 is 0. The molecule has 1 amide bonds. The van der Waals surface area contributed by atoms with Crippen molar-refractivity contribution in [1.82, 2.24) is 0 Å². The lowest BCUT2D eigenvalue weighted by molar-refractivity contribution is -0.128. The number of hydrogen-bond acceptors (Lipinski definition) is 1. The predicted molar refractivity (Wildman–Crippen MR) is 56.4 cm³/mol. The Labute approximate surface area is 85.6 Å². The molecular weight excluding hydrogens is 174 g/mol. The van der Waals surface area contributed by atoms with Gasteiger partial charge in [0.15, 0.2) is 0 Å². The number of amides is 1. The topological polar surface area (TPSA) is 43.1 Å².